The first-order chi connectivity index (χ1) is 10.6. The Morgan fingerprint density at radius 1 is 1.05 bits per heavy atom. The second kappa shape index (κ2) is 6.20. The number of rotatable bonds is 4. The van der Waals surface area contributed by atoms with E-state index >= 15 is 0 Å². The summed E-state index contributed by atoms with van der Waals surface area (Å²) in [7, 11) is 0. The average Bonchev–Trinajstić information content (AvgIpc) is 3.00. The first-order valence-corrected chi connectivity index (χ1v) is 7.33. The van der Waals surface area contributed by atoms with E-state index in [-0.39, 0.29) is 6.10 Å². The van der Waals surface area contributed by atoms with Gasteiger partial charge in [0.15, 0.2) is 6.10 Å². The SMILES string of the molecule is Cc1ccc(-c2nnc(C(C)Oc3ccccc3Cl)o2)cc1. The van der Waals surface area contributed by atoms with E-state index in [4.69, 9.17) is 20.8 Å². The van der Waals surface area contributed by atoms with Crippen LogP contribution in [-0.4, -0.2) is 10.2 Å². The van der Waals surface area contributed by atoms with Crippen LogP contribution in [-0.2, 0) is 0 Å². The molecule has 0 fully saturated rings. The van der Waals surface area contributed by atoms with E-state index in [9.17, 15) is 0 Å². The molecule has 0 bridgehead atoms. The Balaban J connectivity index is 1.78. The van der Waals surface area contributed by atoms with Crippen molar-refractivity contribution in [2.75, 3.05) is 0 Å². The third kappa shape index (κ3) is 3.12. The highest BCUT2D eigenvalue weighted by Crippen LogP contribution is 2.29. The van der Waals surface area contributed by atoms with Crippen molar-refractivity contribution < 1.29 is 9.15 Å². The number of halogens is 1. The van der Waals surface area contributed by atoms with Gasteiger partial charge in [-0.25, -0.2) is 0 Å². The fourth-order valence-electron chi connectivity index (χ4n) is 1.99. The van der Waals surface area contributed by atoms with Gasteiger partial charge >= 0.3 is 0 Å². The van der Waals surface area contributed by atoms with Crippen LogP contribution in [0.2, 0.25) is 5.02 Å². The minimum absolute atomic E-state index is 0.383. The van der Waals surface area contributed by atoms with E-state index in [1.54, 1.807) is 12.1 Å². The first-order valence-electron chi connectivity index (χ1n) is 6.95. The van der Waals surface area contributed by atoms with E-state index in [1.165, 1.54) is 5.56 Å². The van der Waals surface area contributed by atoms with E-state index < -0.39 is 0 Å². The molecule has 5 heteroatoms. The van der Waals surface area contributed by atoms with Crippen LogP contribution in [0.3, 0.4) is 0 Å². The molecule has 0 aliphatic carbocycles. The van der Waals surface area contributed by atoms with Gasteiger partial charge in [-0.15, -0.1) is 10.2 Å². The molecule has 1 atom stereocenters. The predicted molar refractivity (Wildman–Crippen MR) is 85.0 cm³/mol. The molecule has 1 unspecified atom stereocenters. The van der Waals surface area contributed by atoms with Gasteiger partial charge in [0.05, 0.1) is 5.02 Å². The van der Waals surface area contributed by atoms with E-state index in [0.717, 1.165) is 5.56 Å². The Labute approximate surface area is 133 Å². The molecule has 3 aromatic rings. The van der Waals surface area contributed by atoms with Crippen molar-refractivity contribution in [3.05, 3.63) is 65.0 Å². The van der Waals surface area contributed by atoms with Crippen molar-refractivity contribution in [3.63, 3.8) is 0 Å². The Morgan fingerprint density at radius 3 is 2.50 bits per heavy atom. The van der Waals surface area contributed by atoms with Crippen molar-refractivity contribution >= 4 is 11.6 Å². The lowest BCUT2D eigenvalue weighted by molar-refractivity contribution is 0.190. The topological polar surface area (TPSA) is 48.2 Å². The molecule has 0 spiro atoms. The molecule has 0 radical (unpaired) electrons. The Bertz CT molecular complexity index is 768. The fraction of sp³-hybridized carbons (Fsp3) is 0.176. The van der Waals surface area contributed by atoms with Crippen LogP contribution in [0.15, 0.2) is 52.9 Å². The molecule has 0 aliphatic heterocycles. The number of hydrogen-bond donors (Lipinski definition) is 0. The molecular formula is C17H15ClN2O2. The summed E-state index contributed by atoms with van der Waals surface area (Å²) < 4.78 is 11.5. The molecule has 0 aliphatic rings. The first kappa shape index (κ1) is 14.6. The van der Waals surface area contributed by atoms with E-state index in [2.05, 4.69) is 10.2 Å². The summed E-state index contributed by atoms with van der Waals surface area (Å²) >= 11 is 6.08. The van der Waals surface area contributed by atoms with Crippen LogP contribution in [0.25, 0.3) is 11.5 Å². The van der Waals surface area contributed by atoms with Crippen LogP contribution in [0, 0.1) is 6.92 Å². The van der Waals surface area contributed by atoms with Crippen LogP contribution in [0.5, 0.6) is 5.75 Å². The number of benzene rings is 2. The van der Waals surface area contributed by atoms with Gasteiger partial charge in [0, 0.05) is 5.56 Å². The Morgan fingerprint density at radius 2 is 1.77 bits per heavy atom. The van der Waals surface area contributed by atoms with Crippen LogP contribution in [0.1, 0.15) is 24.5 Å². The molecule has 0 amide bonds. The van der Waals surface area contributed by atoms with Crippen molar-refractivity contribution in [1.29, 1.82) is 0 Å². The number of para-hydroxylation sites is 1. The highest BCUT2D eigenvalue weighted by Gasteiger charge is 2.17. The third-order valence-electron chi connectivity index (χ3n) is 3.23. The maximum atomic E-state index is 6.08. The molecule has 4 nitrogen and oxygen atoms in total. The quantitative estimate of drug-likeness (QED) is 0.691. The molecule has 2 aromatic carbocycles. The van der Waals surface area contributed by atoms with Gasteiger partial charge in [-0.2, -0.15) is 0 Å². The zero-order valence-electron chi connectivity index (χ0n) is 12.3. The van der Waals surface area contributed by atoms with Gasteiger partial charge in [-0.3, -0.25) is 0 Å². The summed E-state index contributed by atoms with van der Waals surface area (Å²) in [6.45, 7) is 3.87. The number of aryl methyl sites for hydroxylation is 1. The second-order valence-electron chi connectivity index (χ2n) is 5.00. The van der Waals surface area contributed by atoms with Gasteiger partial charge < -0.3 is 9.15 Å². The van der Waals surface area contributed by atoms with Gasteiger partial charge in [0.25, 0.3) is 5.89 Å². The van der Waals surface area contributed by atoms with Crippen molar-refractivity contribution in [1.82, 2.24) is 10.2 Å². The molecule has 112 valence electrons. The molecule has 22 heavy (non-hydrogen) atoms. The second-order valence-corrected chi connectivity index (χ2v) is 5.41. The lowest BCUT2D eigenvalue weighted by Crippen LogP contribution is -2.03. The highest BCUT2D eigenvalue weighted by atomic mass is 35.5. The smallest absolute Gasteiger partial charge is 0.257 e. The summed E-state index contributed by atoms with van der Waals surface area (Å²) in [5.41, 5.74) is 2.06. The van der Waals surface area contributed by atoms with E-state index in [0.29, 0.717) is 22.6 Å². The summed E-state index contributed by atoms with van der Waals surface area (Å²) in [6.07, 6.45) is -0.383. The largest absolute Gasteiger partial charge is 0.479 e. The maximum absolute atomic E-state index is 6.08. The average molecular weight is 315 g/mol. The number of ether oxygens (including phenoxy) is 1. The van der Waals surface area contributed by atoms with Gasteiger partial charge in [0.1, 0.15) is 5.75 Å². The summed E-state index contributed by atoms with van der Waals surface area (Å²) in [5.74, 6) is 1.48. The lowest BCUT2D eigenvalue weighted by atomic mass is 10.1. The maximum Gasteiger partial charge on any atom is 0.257 e. The van der Waals surface area contributed by atoms with Gasteiger partial charge in [-0.1, -0.05) is 41.4 Å². The minimum atomic E-state index is -0.383. The van der Waals surface area contributed by atoms with E-state index in [1.807, 2.05) is 50.2 Å². The highest BCUT2D eigenvalue weighted by molar-refractivity contribution is 6.32. The van der Waals surface area contributed by atoms with Gasteiger partial charge in [-0.05, 0) is 38.1 Å². The van der Waals surface area contributed by atoms with Crippen LogP contribution in [0.4, 0.5) is 0 Å². The molecule has 0 saturated carbocycles. The zero-order chi connectivity index (χ0) is 15.5. The van der Waals surface area contributed by atoms with Gasteiger partial charge in [0.2, 0.25) is 5.89 Å². The molecule has 1 aromatic heterocycles. The third-order valence-corrected chi connectivity index (χ3v) is 3.54. The van der Waals surface area contributed by atoms with Crippen molar-refractivity contribution in [3.8, 4) is 17.2 Å². The molecule has 1 heterocycles. The van der Waals surface area contributed by atoms with Crippen molar-refractivity contribution in [2.24, 2.45) is 0 Å². The van der Waals surface area contributed by atoms with Crippen LogP contribution < -0.4 is 4.74 Å². The molecular weight excluding hydrogens is 300 g/mol. The molecule has 3 rings (SSSR count). The Hall–Kier alpha value is -2.33. The number of aromatic nitrogens is 2. The monoisotopic (exact) mass is 314 g/mol. The fourth-order valence-corrected chi connectivity index (χ4v) is 2.17. The standard InChI is InChI=1S/C17H15ClN2O2/c1-11-7-9-13(10-8-11)17-20-19-16(22-17)12(2)21-15-6-4-3-5-14(15)18/h3-10,12H,1-2H3. The normalized spacial score (nSPS) is 12.1. The van der Waals surface area contributed by atoms with Crippen LogP contribution >= 0.6 is 11.6 Å². The summed E-state index contributed by atoms with van der Waals surface area (Å²) in [5, 5.41) is 8.68. The minimum Gasteiger partial charge on any atom is -0.479 e. The number of hydrogen-bond acceptors (Lipinski definition) is 4. The zero-order valence-corrected chi connectivity index (χ0v) is 13.0. The number of nitrogens with zero attached hydrogens (tertiary/aromatic N) is 2. The summed E-state index contributed by atoms with van der Waals surface area (Å²) in [6, 6.07) is 15.2. The lowest BCUT2D eigenvalue weighted by Gasteiger charge is -2.11. The summed E-state index contributed by atoms with van der Waals surface area (Å²) in [4.78, 5) is 0. The van der Waals surface area contributed by atoms with Crippen molar-refractivity contribution in [2.45, 2.75) is 20.0 Å². The Kier molecular flexibility index (Phi) is 4.11. The molecule has 0 N–H and O–H groups in total. The molecule has 0 saturated heterocycles. The predicted octanol–water partition coefficient (Wildman–Crippen LogP) is 4.84.